The van der Waals surface area contributed by atoms with Crippen LogP contribution in [0.25, 0.3) is 0 Å². The normalized spacial score (nSPS) is 10.2. The smallest absolute Gasteiger partial charge is 0.355 e. The van der Waals surface area contributed by atoms with Crippen LogP contribution in [0.1, 0.15) is 49.4 Å². The van der Waals surface area contributed by atoms with Crippen molar-refractivity contribution in [3.63, 3.8) is 0 Å². The summed E-state index contributed by atoms with van der Waals surface area (Å²) in [5.74, 6) is -2.17. The van der Waals surface area contributed by atoms with E-state index in [2.05, 4.69) is 15.6 Å². The van der Waals surface area contributed by atoms with Crippen LogP contribution in [-0.4, -0.2) is 49.5 Å². The highest BCUT2D eigenvalue weighted by Gasteiger charge is 2.24. The fourth-order valence-corrected chi connectivity index (χ4v) is 2.79. The second kappa shape index (κ2) is 9.54. The number of amides is 2. The van der Waals surface area contributed by atoms with E-state index in [1.807, 2.05) is 6.92 Å². The van der Waals surface area contributed by atoms with Crippen molar-refractivity contribution in [3.05, 3.63) is 52.3 Å². The van der Waals surface area contributed by atoms with E-state index in [1.54, 1.807) is 25.1 Å². The molecule has 0 aliphatic rings. The van der Waals surface area contributed by atoms with Gasteiger partial charge in [-0.2, -0.15) is 0 Å². The number of esters is 2. The number of benzene rings is 1. The Morgan fingerprint density at radius 2 is 1.86 bits per heavy atom. The van der Waals surface area contributed by atoms with Crippen molar-refractivity contribution in [1.82, 2.24) is 10.3 Å². The first-order valence-corrected chi connectivity index (χ1v) is 8.91. The maximum absolute atomic E-state index is 12.4. The average molecular weight is 401 g/mol. The zero-order valence-corrected chi connectivity index (χ0v) is 16.7. The lowest BCUT2D eigenvalue weighted by atomic mass is 10.1. The number of hydrogen-bond acceptors (Lipinski definition) is 6. The molecule has 0 bridgehead atoms. The van der Waals surface area contributed by atoms with Crippen molar-refractivity contribution in [2.45, 2.75) is 20.3 Å². The Kier molecular flexibility index (Phi) is 7.13. The van der Waals surface area contributed by atoms with Crippen molar-refractivity contribution >= 4 is 29.4 Å². The predicted octanol–water partition coefficient (Wildman–Crippen LogP) is 1.83. The van der Waals surface area contributed by atoms with Crippen LogP contribution in [0.3, 0.4) is 0 Å². The lowest BCUT2D eigenvalue weighted by Gasteiger charge is -2.08. The number of aryl methyl sites for hydroxylation is 1. The average Bonchev–Trinajstić information content (AvgIpc) is 3.07. The van der Waals surface area contributed by atoms with Gasteiger partial charge in [0.25, 0.3) is 11.8 Å². The molecule has 0 atom stereocenters. The summed E-state index contributed by atoms with van der Waals surface area (Å²) in [5, 5.41) is 5.05. The highest BCUT2D eigenvalue weighted by Crippen LogP contribution is 2.21. The molecule has 29 heavy (non-hydrogen) atoms. The molecule has 1 aromatic carbocycles. The van der Waals surface area contributed by atoms with Crippen molar-refractivity contribution < 1.29 is 28.7 Å². The largest absolute Gasteiger partial charge is 0.465 e. The van der Waals surface area contributed by atoms with E-state index in [4.69, 9.17) is 9.47 Å². The van der Waals surface area contributed by atoms with E-state index >= 15 is 0 Å². The summed E-state index contributed by atoms with van der Waals surface area (Å²) in [7, 11) is 2.76. The third-order valence-electron chi connectivity index (χ3n) is 4.24. The van der Waals surface area contributed by atoms with Crippen LogP contribution in [0.5, 0.6) is 0 Å². The van der Waals surface area contributed by atoms with Gasteiger partial charge in [0, 0.05) is 24.0 Å². The summed E-state index contributed by atoms with van der Waals surface area (Å²) in [6, 6.07) is 6.34. The first kappa shape index (κ1) is 21.7. The van der Waals surface area contributed by atoms with Gasteiger partial charge in [0.15, 0.2) is 6.61 Å². The Labute approximate surface area is 167 Å². The van der Waals surface area contributed by atoms with Crippen LogP contribution in [0.4, 0.5) is 5.69 Å². The standard InChI is InChI=1S/C20H23N3O6/c1-5-14-16(19(26)28-4)11(2)17(23-14)20(27)29-10-15(24)22-13-8-6-7-12(9-13)18(25)21-3/h6-9,23H,5,10H2,1-4H3,(H,21,25)(H,22,24). The summed E-state index contributed by atoms with van der Waals surface area (Å²) in [6.07, 6.45) is 0.487. The number of carbonyl (C=O) groups excluding carboxylic acids is 4. The fourth-order valence-electron chi connectivity index (χ4n) is 2.79. The molecule has 3 N–H and O–H groups in total. The molecule has 2 rings (SSSR count). The lowest BCUT2D eigenvalue weighted by molar-refractivity contribution is -0.119. The van der Waals surface area contributed by atoms with Crippen LogP contribution >= 0.6 is 0 Å². The van der Waals surface area contributed by atoms with E-state index in [-0.39, 0.29) is 17.2 Å². The molecule has 2 aromatic rings. The summed E-state index contributed by atoms with van der Waals surface area (Å²) < 4.78 is 9.80. The molecular weight excluding hydrogens is 378 g/mol. The van der Waals surface area contributed by atoms with Gasteiger partial charge in [-0.1, -0.05) is 13.0 Å². The monoisotopic (exact) mass is 401 g/mol. The Hall–Kier alpha value is -3.62. The number of methoxy groups -OCH3 is 1. The van der Waals surface area contributed by atoms with Crippen LogP contribution in [-0.2, 0) is 20.7 Å². The highest BCUT2D eigenvalue weighted by molar-refractivity contribution is 6.00. The second-order valence-electron chi connectivity index (χ2n) is 6.11. The van der Waals surface area contributed by atoms with Crippen molar-refractivity contribution in [1.29, 1.82) is 0 Å². The molecule has 0 spiro atoms. The third-order valence-corrected chi connectivity index (χ3v) is 4.24. The lowest BCUT2D eigenvalue weighted by Crippen LogP contribution is -2.22. The number of ether oxygens (including phenoxy) is 2. The number of aromatic nitrogens is 1. The molecule has 0 radical (unpaired) electrons. The van der Waals surface area contributed by atoms with Gasteiger partial charge in [-0.25, -0.2) is 9.59 Å². The molecular formula is C20H23N3O6. The van der Waals surface area contributed by atoms with Crippen molar-refractivity contribution in [2.75, 3.05) is 26.1 Å². The number of hydrogen-bond donors (Lipinski definition) is 3. The van der Waals surface area contributed by atoms with Gasteiger partial charge in [0.05, 0.1) is 12.7 Å². The molecule has 0 fully saturated rings. The quantitative estimate of drug-likeness (QED) is 0.608. The van der Waals surface area contributed by atoms with Gasteiger partial charge < -0.3 is 25.1 Å². The molecule has 9 nitrogen and oxygen atoms in total. The number of H-pyrrole nitrogens is 1. The maximum Gasteiger partial charge on any atom is 0.355 e. The van der Waals surface area contributed by atoms with Gasteiger partial charge in [0.2, 0.25) is 0 Å². The summed E-state index contributed by atoms with van der Waals surface area (Å²) in [6.45, 7) is 2.90. The molecule has 9 heteroatoms. The van der Waals surface area contributed by atoms with E-state index in [0.29, 0.717) is 28.9 Å². The van der Waals surface area contributed by atoms with Crippen LogP contribution in [0, 0.1) is 6.92 Å². The number of aromatic amines is 1. The minimum atomic E-state index is -0.762. The van der Waals surface area contributed by atoms with E-state index in [1.165, 1.54) is 20.2 Å². The summed E-state index contributed by atoms with van der Waals surface area (Å²) in [4.78, 5) is 50.9. The molecule has 154 valence electrons. The first-order chi connectivity index (χ1) is 13.8. The van der Waals surface area contributed by atoms with E-state index in [9.17, 15) is 19.2 Å². The first-order valence-electron chi connectivity index (χ1n) is 8.91. The zero-order valence-electron chi connectivity index (χ0n) is 16.7. The minimum Gasteiger partial charge on any atom is -0.465 e. The SMILES string of the molecule is CCc1[nH]c(C(=O)OCC(=O)Nc2cccc(C(=O)NC)c2)c(C)c1C(=O)OC. The van der Waals surface area contributed by atoms with Crippen molar-refractivity contribution in [3.8, 4) is 0 Å². The van der Waals surface area contributed by atoms with Gasteiger partial charge >= 0.3 is 11.9 Å². The van der Waals surface area contributed by atoms with Gasteiger partial charge in [-0.05, 0) is 37.1 Å². The molecule has 0 unspecified atom stereocenters. The van der Waals surface area contributed by atoms with Gasteiger partial charge in [-0.3, -0.25) is 9.59 Å². The van der Waals surface area contributed by atoms with Crippen LogP contribution in [0.2, 0.25) is 0 Å². The highest BCUT2D eigenvalue weighted by atomic mass is 16.5. The predicted molar refractivity (Wildman–Crippen MR) is 105 cm³/mol. The Bertz CT molecular complexity index is 948. The fraction of sp³-hybridized carbons (Fsp3) is 0.300. The number of nitrogens with one attached hydrogen (secondary N) is 3. The molecule has 1 heterocycles. The molecule has 2 amide bonds. The molecule has 1 aromatic heterocycles. The van der Waals surface area contributed by atoms with Crippen LogP contribution < -0.4 is 10.6 Å². The van der Waals surface area contributed by atoms with Gasteiger partial charge in [0.1, 0.15) is 5.69 Å². The molecule has 0 aliphatic carbocycles. The number of carbonyl (C=O) groups is 4. The minimum absolute atomic E-state index is 0.0941. The topological polar surface area (TPSA) is 127 Å². The molecule has 0 saturated heterocycles. The Morgan fingerprint density at radius 3 is 2.48 bits per heavy atom. The maximum atomic E-state index is 12.4. The van der Waals surface area contributed by atoms with E-state index < -0.39 is 24.5 Å². The molecule has 0 aliphatic heterocycles. The second-order valence-corrected chi connectivity index (χ2v) is 6.11. The van der Waals surface area contributed by atoms with Crippen LogP contribution in [0.15, 0.2) is 24.3 Å². The zero-order chi connectivity index (χ0) is 21.6. The van der Waals surface area contributed by atoms with Gasteiger partial charge in [-0.15, -0.1) is 0 Å². The Morgan fingerprint density at radius 1 is 1.14 bits per heavy atom. The summed E-state index contributed by atoms with van der Waals surface area (Å²) >= 11 is 0. The number of anilines is 1. The Balaban J connectivity index is 2.04. The third kappa shape index (κ3) is 5.01. The molecule has 0 saturated carbocycles. The van der Waals surface area contributed by atoms with E-state index in [0.717, 1.165) is 0 Å². The van der Waals surface area contributed by atoms with Crippen molar-refractivity contribution in [2.24, 2.45) is 0 Å². The number of rotatable bonds is 7. The summed E-state index contributed by atoms with van der Waals surface area (Å²) in [5.41, 5.74) is 2.11.